The number of nitrogens with two attached hydrogens (primary N) is 1. The van der Waals surface area contributed by atoms with E-state index in [0.717, 1.165) is 6.07 Å². The average Bonchev–Trinajstić information content (AvgIpc) is 2.44. The Kier molecular flexibility index (Phi) is 5.03. The summed E-state index contributed by atoms with van der Waals surface area (Å²) < 4.78 is 41.0. The molecule has 21 heavy (non-hydrogen) atoms. The van der Waals surface area contributed by atoms with Crippen molar-refractivity contribution in [3.63, 3.8) is 0 Å². The van der Waals surface area contributed by atoms with Gasteiger partial charge < -0.3 is 10.8 Å². The molecular formula is C15H13BrF3NO. The molecule has 3 N–H and O–H groups in total. The van der Waals surface area contributed by atoms with Crippen molar-refractivity contribution >= 4 is 15.9 Å². The Morgan fingerprint density at radius 1 is 1.10 bits per heavy atom. The molecule has 6 heteroatoms. The number of halogens is 4. The van der Waals surface area contributed by atoms with E-state index < -0.39 is 29.5 Å². The van der Waals surface area contributed by atoms with E-state index in [9.17, 15) is 18.3 Å². The molecule has 0 saturated carbocycles. The van der Waals surface area contributed by atoms with E-state index >= 15 is 0 Å². The van der Waals surface area contributed by atoms with Crippen LogP contribution in [-0.2, 0) is 0 Å². The van der Waals surface area contributed by atoms with Crippen LogP contribution in [0.1, 0.15) is 23.1 Å². The SMILES string of the molecule is NCC(c1ccc(F)cc1F)C(O)c1cccc(Br)c1F. The average molecular weight is 360 g/mol. The van der Waals surface area contributed by atoms with Gasteiger partial charge in [-0.2, -0.15) is 0 Å². The molecule has 0 aliphatic carbocycles. The number of hydrogen-bond acceptors (Lipinski definition) is 2. The molecule has 0 heterocycles. The van der Waals surface area contributed by atoms with Gasteiger partial charge in [0.2, 0.25) is 0 Å². The second-order valence-electron chi connectivity index (χ2n) is 4.60. The summed E-state index contributed by atoms with van der Waals surface area (Å²) >= 11 is 3.02. The fraction of sp³-hybridized carbons (Fsp3) is 0.200. The summed E-state index contributed by atoms with van der Waals surface area (Å²) in [6.07, 6.45) is -1.34. The first-order valence-electron chi connectivity index (χ1n) is 6.22. The van der Waals surface area contributed by atoms with Crippen LogP contribution in [0, 0.1) is 17.5 Å². The van der Waals surface area contributed by atoms with Gasteiger partial charge in [-0.05, 0) is 33.6 Å². The van der Waals surface area contributed by atoms with E-state index in [1.807, 2.05) is 0 Å². The molecule has 2 nitrogen and oxygen atoms in total. The molecule has 2 unspecified atom stereocenters. The maximum atomic E-state index is 14.0. The molecule has 0 amide bonds. The maximum absolute atomic E-state index is 14.0. The monoisotopic (exact) mass is 359 g/mol. The topological polar surface area (TPSA) is 46.2 Å². The predicted octanol–water partition coefficient (Wildman–Crippen LogP) is 3.64. The van der Waals surface area contributed by atoms with Crippen molar-refractivity contribution in [1.29, 1.82) is 0 Å². The lowest BCUT2D eigenvalue weighted by molar-refractivity contribution is 0.141. The zero-order valence-electron chi connectivity index (χ0n) is 10.9. The van der Waals surface area contributed by atoms with Gasteiger partial charge in [-0.25, -0.2) is 13.2 Å². The smallest absolute Gasteiger partial charge is 0.143 e. The summed E-state index contributed by atoms with van der Waals surface area (Å²) in [6, 6.07) is 7.44. The maximum Gasteiger partial charge on any atom is 0.143 e. The number of rotatable bonds is 4. The van der Waals surface area contributed by atoms with Gasteiger partial charge in [-0.1, -0.05) is 18.2 Å². The van der Waals surface area contributed by atoms with E-state index in [1.54, 1.807) is 6.07 Å². The standard InChI is InChI=1S/C15H13BrF3NO/c16-12-3-1-2-10(14(12)19)15(21)11(7-20)9-5-4-8(17)6-13(9)18/h1-6,11,15,21H,7,20H2. The minimum absolute atomic E-state index is 0.00329. The Morgan fingerprint density at radius 3 is 2.43 bits per heavy atom. The number of aliphatic hydroxyl groups excluding tert-OH is 1. The van der Waals surface area contributed by atoms with Crippen LogP contribution in [0.25, 0.3) is 0 Å². The highest BCUT2D eigenvalue weighted by atomic mass is 79.9. The van der Waals surface area contributed by atoms with Gasteiger partial charge in [0.1, 0.15) is 17.5 Å². The first-order valence-corrected chi connectivity index (χ1v) is 7.02. The summed E-state index contributed by atoms with van der Waals surface area (Å²) in [4.78, 5) is 0. The molecule has 0 saturated heterocycles. The number of benzene rings is 2. The summed E-state index contributed by atoms with van der Waals surface area (Å²) in [6.45, 7) is -0.115. The third-order valence-corrected chi connectivity index (χ3v) is 3.91. The number of hydrogen-bond donors (Lipinski definition) is 2. The summed E-state index contributed by atoms with van der Waals surface area (Å²) in [5.74, 6) is -3.06. The molecule has 0 spiro atoms. The lowest BCUT2D eigenvalue weighted by Crippen LogP contribution is -2.22. The van der Waals surface area contributed by atoms with E-state index in [-0.39, 0.29) is 22.1 Å². The Balaban J connectivity index is 2.43. The fourth-order valence-corrected chi connectivity index (χ4v) is 2.58. The molecule has 2 atom stereocenters. The highest BCUT2D eigenvalue weighted by Gasteiger charge is 2.27. The molecular weight excluding hydrogens is 347 g/mol. The van der Waals surface area contributed by atoms with Crippen LogP contribution in [0.5, 0.6) is 0 Å². The molecule has 0 fully saturated rings. The minimum Gasteiger partial charge on any atom is -0.388 e. The van der Waals surface area contributed by atoms with Crippen molar-refractivity contribution < 1.29 is 18.3 Å². The van der Waals surface area contributed by atoms with Crippen LogP contribution < -0.4 is 5.73 Å². The van der Waals surface area contributed by atoms with Crippen molar-refractivity contribution in [1.82, 2.24) is 0 Å². The largest absolute Gasteiger partial charge is 0.388 e. The summed E-state index contributed by atoms with van der Waals surface area (Å²) in [7, 11) is 0. The van der Waals surface area contributed by atoms with Crippen LogP contribution in [-0.4, -0.2) is 11.7 Å². The van der Waals surface area contributed by atoms with Gasteiger partial charge in [0.05, 0.1) is 10.6 Å². The second kappa shape index (κ2) is 6.60. The van der Waals surface area contributed by atoms with Crippen LogP contribution >= 0.6 is 15.9 Å². The third-order valence-electron chi connectivity index (χ3n) is 3.30. The summed E-state index contributed by atoms with van der Waals surface area (Å²) in [5.41, 5.74) is 5.63. The highest BCUT2D eigenvalue weighted by molar-refractivity contribution is 9.10. The molecule has 2 rings (SSSR count). The molecule has 2 aromatic carbocycles. The van der Waals surface area contributed by atoms with Crippen molar-refractivity contribution in [2.24, 2.45) is 5.73 Å². The van der Waals surface area contributed by atoms with E-state index in [1.165, 1.54) is 18.2 Å². The van der Waals surface area contributed by atoms with Crippen LogP contribution in [0.15, 0.2) is 40.9 Å². The van der Waals surface area contributed by atoms with Gasteiger partial charge in [0.15, 0.2) is 0 Å². The van der Waals surface area contributed by atoms with Gasteiger partial charge >= 0.3 is 0 Å². The van der Waals surface area contributed by atoms with Crippen LogP contribution in [0.2, 0.25) is 0 Å². The zero-order chi connectivity index (χ0) is 15.6. The molecule has 2 aromatic rings. The lowest BCUT2D eigenvalue weighted by Gasteiger charge is -2.23. The minimum atomic E-state index is -1.34. The summed E-state index contributed by atoms with van der Waals surface area (Å²) in [5, 5.41) is 10.3. The van der Waals surface area contributed by atoms with Crippen molar-refractivity contribution in [2.45, 2.75) is 12.0 Å². The Bertz CT molecular complexity index is 651. The van der Waals surface area contributed by atoms with Gasteiger partial charge in [-0.3, -0.25) is 0 Å². The quantitative estimate of drug-likeness (QED) is 0.875. The fourth-order valence-electron chi connectivity index (χ4n) is 2.19. The van der Waals surface area contributed by atoms with E-state index in [0.29, 0.717) is 6.07 Å². The molecule has 0 bridgehead atoms. The normalized spacial score (nSPS) is 14.0. The first kappa shape index (κ1) is 16.0. The van der Waals surface area contributed by atoms with Gasteiger partial charge in [0, 0.05) is 24.1 Å². The lowest BCUT2D eigenvalue weighted by atomic mass is 9.88. The first-order chi connectivity index (χ1) is 9.95. The number of aliphatic hydroxyl groups is 1. The molecule has 0 aliphatic rings. The van der Waals surface area contributed by atoms with E-state index in [2.05, 4.69) is 15.9 Å². The van der Waals surface area contributed by atoms with Crippen molar-refractivity contribution in [3.05, 3.63) is 69.4 Å². The Hall–Kier alpha value is -1.37. The molecule has 0 radical (unpaired) electrons. The van der Waals surface area contributed by atoms with E-state index in [4.69, 9.17) is 5.73 Å². The Labute approximate surface area is 128 Å². The van der Waals surface area contributed by atoms with Crippen LogP contribution in [0.4, 0.5) is 13.2 Å². The molecule has 0 aliphatic heterocycles. The Morgan fingerprint density at radius 2 is 1.81 bits per heavy atom. The van der Waals surface area contributed by atoms with Gasteiger partial charge in [-0.15, -0.1) is 0 Å². The van der Waals surface area contributed by atoms with Crippen molar-refractivity contribution in [2.75, 3.05) is 6.54 Å². The molecule has 112 valence electrons. The second-order valence-corrected chi connectivity index (χ2v) is 5.45. The van der Waals surface area contributed by atoms with Crippen LogP contribution in [0.3, 0.4) is 0 Å². The zero-order valence-corrected chi connectivity index (χ0v) is 12.4. The molecule has 0 aromatic heterocycles. The highest BCUT2D eigenvalue weighted by Crippen LogP contribution is 2.34. The third kappa shape index (κ3) is 3.28. The van der Waals surface area contributed by atoms with Crippen molar-refractivity contribution in [3.8, 4) is 0 Å². The van der Waals surface area contributed by atoms with Gasteiger partial charge in [0.25, 0.3) is 0 Å². The predicted molar refractivity (Wildman–Crippen MR) is 77.2 cm³/mol.